The van der Waals surface area contributed by atoms with Crippen molar-refractivity contribution in [3.8, 4) is 5.75 Å². The van der Waals surface area contributed by atoms with E-state index in [4.69, 9.17) is 4.74 Å². The van der Waals surface area contributed by atoms with E-state index in [0.717, 1.165) is 12.0 Å². The first-order valence-electron chi connectivity index (χ1n) is 10.4. The van der Waals surface area contributed by atoms with Crippen molar-refractivity contribution in [3.05, 3.63) is 53.7 Å². The van der Waals surface area contributed by atoms with Crippen molar-refractivity contribution in [1.29, 1.82) is 0 Å². The lowest BCUT2D eigenvalue weighted by atomic mass is 10.1. The van der Waals surface area contributed by atoms with Crippen molar-refractivity contribution in [1.82, 2.24) is 14.8 Å². The number of ether oxygens (including phenoxy) is 1. The molecule has 2 heterocycles. The van der Waals surface area contributed by atoms with Crippen LogP contribution in [0.3, 0.4) is 0 Å². The number of hydrogen-bond acceptors (Lipinski definition) is 5. The minimum Gasteiger partial charge on any atom is -0.493 e. The largest absolute Gasteiger partial charge is 0.493 e. The van der Waals surface area contributed by atoms with Gasteiger partial charge in [0.1, 0.15) is 17.6 Å². The zero-order valence-electron chi connectivity index (χ0n) is 18.1. The predicted octanol–water partition coefficient (Wildman–Crippen LogP) is 2.49. The number of benzene rings is 1. The smallest absolute Gasteiger partial charge is 0.258 e. The number of amides is 3. The lowest BCUT2D eigenvalue weighted by Gasteiger charge is -2.28. The van der Waals surface area contributed by atoms with Crippen LogP contribution in [0.5, 0.6) is 5.75 Å². The molecule has 0 saturated carbocycles. The van der Waals surface area contributed by atoms with E-state index in [1.54, 1.807) is 42.4 Å². The molecule has 1 aromatic carbocycles. The van der Waals surface area contributed by atoms with Crippen LogP contribution in [0.15, 0.2) is 42.6 Å². The van der Waals surface area contributed by atoms with Gasteiger partial charge in [0.05, 0.1) is 18.7 Å². The molecule has 8 nitrogen and oxygen atoms in total. The molecule has 1 saturated heterocycles. The second-order valence-corrected chi connectivity index (χ2v) is 7.55. The van der Waals surface area contributed by atoms with Crippen molar-refractivity contribution in [2.24, 2.45) is 0 Å². The number of carbonyl (C=O) groups excluding carboxylic acids is 3. The van der Waals surface area contributed by atoms with Crippen molar-refractivity contribution in [2.75, 3.05) is 32.1 Å². The van der Waals surface area contributed by atoms with E-state index >= 15 is 0 Å². The van der Waals surface area contributed by atoms with Crippen molar-refractivity contribution in [3.63, 3.8) is 0 Å². The maximum absolute atomic E-state index is 13.2. The topological polar surface area (TPSA) is 91.8 Å². The number of likely N-dealkylation sites (tertiary alicyclic amines) is 1. The van der Waals surface area contributed by atoms with Crippen LogP contribution >= 0.6 is 0 Å². The summed E-state index contributed by atoms with van der Waals surface area (Å²) >= 11 is 0. The maximum Gasteiger partial charge on any atom is 0.258 e. The van der Waals surface area contributed by atoms with E-state index in [1.807, 2.05) is 26.0 Å². The number of aryl methyl sites for hydroxylation is 1. The molecule has 1 aliphatic heterocycles. The van der Waals surface area contributed by atoms with E-state index in [0.29, 0.717) is 36.7 Å². The Bertz CT molecular complexity index is 962. The van der Waals surface area contributed by atoms with Gasteiger partial charge in [-0.25, -0.2) is 4.98 Å². The molecule has 0 radical (unpaired) electrons. The Balaban J connectivity index is 1.66. The Labute approximate surface area is 182 Å². The number of nitrogens with zero attached hydrogens (tertiary/aromatic N) is 3. The van der Waals surface area contributed by atoms with Gasteiger partial charge in [-0.1, -0.05) is 12.1 Å². The lowest BCUT2D eigenvalue weighted by Crippen LogP contribution is -2.48. The number of rotatable bonds is 7. The van der Waals surface area contributed by atoms with Gasteiger partial charge in [0.2, 0.25) is 11.8 Å². The molecular weight excluding hydrogens is 396 g/mol. The van der Waals surface area contributed by atoms with Crippen LogP contribution in [0.4, 0.5) is 5.82 Å². The molecule has 3 amide bonds. The van der Waals surface area contributed by atoms with Crippen LogP contribution in [0.1, 0.15) is 35.7 Å². The van der Waals surface area contributed by atoms with E-state index < -0.39 is 6.04 Å². The number of pyridine rings is 1. The van der Waals surface area contributed by atoms with Gasteiger partial charge in [-0.15, -0.1) is 0 Å². The van der Waals surface area contributed by atoms with E-state index in [2.05, 4.69) is 10.3 Å². The number of hydrogen-bond donors (Lipinski definition) is 1. The molecule has 1 aliphatic rings. The third kappa shape index (κ3) is 5.39. The fourth-order valence-corrected chi connectivity index (χ4v) is 3.68. The molecule has 1 atom stereocenters. The second kappa shape index (κ2) is 10.1. The Morgan fingerprint density at radius 1 is 1.26 bits per heavy atom. The van der Waals surface area contributed by atoms with Crippen molar-refractivity contribution >= 4 is 23.5 Å². The third-order valence-electron chi connectivity index (χ3n) is 5.16. The normalized spacial score (nSPS) is 15.5. The molecular formula is C23H28N4O4. The van der Waals surface area contributed by atoms with Crippen molar-refractivity contribution in [2.45, 2.75) is 32.7 Å². The fraction of sp³-hybridized carbons (Fsp3) is 0.391. The van der Waals surface area contributed by atoms with Crippen molar-refractivity contribution < 1.29 is 19.1 Å². The number of para-hydroxylation sites is 1. The summed E-state index contributed by atoms with van der Waals surface area (Å²) in [6, 6.07) is 10.0. The van der Waals surface area contributed by atoms with E-state index in [1.165, 1.54) is 4.90 Å². The first kappa shape index (κ1) is 22.3. The molecule has 164 valence electrons. The Kier molecular flexibility index (Phi) is 7.23. The van der Waals surface area contributed by atoms with Gasteiger partial charge in [-0.2, -0.15) is 0 Å². The molecule has 0 spiro atoms. The summed E-state index contributed by atoms with van der Waals surface area (Å²) in [5.41, 5.74) is 1.41. The summed E-state index contributed by atoms with van der Waals surface area (Å²) in [6.45, 7) is 4.57. The first-order chi connectivity index (χ1) is 14.9. The number of aromatic nitrogens is 1. The van der Waals surface area contributed by atoms with Crippen LogP contribution in [-0.4, -0.2) is 65.3 Å². The molecule has 2 aromatic rings. The van der Waals surface area contributed by atoms with Gasteiger partial charge in [0.15, 0.2) is 0 Å². The SMILES string of the molecule is CCOc1ccccc1C(=O)N1CCCC1C(=O)N(C)CC(=O)Nc1cc(C)ccn1. The maximum atomic E-state index is 13.2. The third-order valence-corrected chi connectivity index (χ3v) is 5.16. The minimum atomic E-state index is -0.600. The molecule has 1 fully saturated rings. The minimum absolute atomic E-state index is 0.123. The van der Waals surface area contributed by atoms with Crippen LogP contribution in [0, 0.1) is 6.92 Å². The summed E-state index contributed by atoms with van der Waals surface area (Å²) in [5, 5.41) is 2.70. The van der Waals surface area contributed by atoms with Gasteiger partial charge in [-0.05, 0) is 56.5 Å². The molecule has 0 bridgehead atoms. The van der Waals surface area contributed by atoms with Gasteiger partial charge in [0, 0.05) is 19.8 Å². The summed E-state index contributed by atoms with van der Waals surface area (Å²) in [6.07, 6.45) is 2.90. The van der Waals surface area contributed by atoms with Crippen LogP contribution in [0.25, 0.3) is 0 Å². The average Bonchev–Trinajstić information content (AvgIpc) is 3.23. The Hall–Kier alpha value is -3.42. The van der Waals surface area contributed by atoms with Gasteiger partial charge < -0.3 is 19.9 Å². The zero-order chi connectivity index (χ0) is 22.4. The number of carbonyl (C=O) groups is 3. The van der Waals surface area contributed by atoms with E-state index in [9.17, 15) is 14.4 Å². The highest BCUT2D eigenvalue weighted by atomic mass is 16.5. The Morgan fingerprint density at radius 2 is 2.03 bits per heavy atom. The van der Waals surface area contributed by atoms with Crippen LogP contribution in [0.2, 0.25) is 0 Å². The summed E-state index contributed by atoms with van der Waals surface area (Å²) in [7, 11) is 1.57. The summed E-state index contributed by atoms with van der Waals surface area (Å²) in [5.74, 6) is 0.114. The quantitative estimate of drug-likeness (QED) is 0.737. The van der Waals surface area contributed by atoms with E-state index in [-0.39, 0.29) is 24.3 Å². The zero-order valence-corrected chi connectivity index (χ0v) is 18.1. The highest BCUT2D eigenvalue weighted by Gasteiger charge is 2.37. The number of nitrogens with one attached hydrogen (secondary N) is 1. The molecule has 1 unspecified atom stereocenters. The second-order valence-electron chi connectivity index (χ2n) is 7.55. The molecule has 8 heteroatoms. The van der Waals surface area contributed by atoms with Crippen LogP contribution in [-0.2, 0) is 9.59 Å². The molecule has 31 heavy (non-hydrogen) atoms. The number of anilines is 1. The summed E-state index contributed by atoms with van der Waals surface area (Å²) < 4.78 is 5.58. The molecule has 1 aromatic heterocycles. The fourth-order valence-electron chi connectivity index (χ4n) is 3.68. The standard InChI is InChI=1S/C23H28N4O4/c1-4-31-19-10-6-5-8-17(19)22(29)27-13-7-9-18(27)23(30)26(3)15-21(28)25-20-14-16(2)11-12-24-20/h5-6,8,10-12,14,18H,4,7,9,13,15H2,1-3H3,(H,24,25,28). The average molecular weight is 425 g/mol. The number of likely N-dealkylation sites (N-methyl/N-ethyl adjacent to an activating group) is 1. The van der Waals surface area contributed by atoms with Crippen LogP contribution < -0.4 is 10.1 Å². The van der Waals surface area contributed by atoms with Gasteiger partial charge >= 0.3 is 0 Å². The van der Waals surface area contributed by atoms with Gasteiger partial charge in [0.25, 0.3) is 5.91 Å². The molecule has 0 aliphatic carbocycles. The van der Waals surface area contributed by atoms with Gasteiger partial charge in [-0.3, -0.25) is 14.4 Å². The summed E-state index contributed by atoms with van der Waals surface area (Å²) in [4.78, 5) is 45.6. The molecule has 1 N–H and O–H groups in total. The predicted molar refractivity (Wildman–Crippen MR) is 117 cm³/mol. The lowest BCUT2D eigenvalue weighted by molar-refractivity contribution is -0.136. The molecule has 3 rings (SSSR count). The first-order valence-corrected chi connectivity index (χ1v) is 10.4. The monoisotopic (exact) mass is 424 g/mol. The Morgan fingerprint density at radius 3 is 2.77 bits per heavy atom. The highest BCUT2D eigenvalue weighted by molar-refractivity contribution is 6.01. The highest BCUT2D eigenvalue weighted by Crippen LogP contribution is 2.26.